The maximum Gasteiger partial charge on any atom is 0.255 e. The lowest BCUT2D eigenvalue weighted by Gasteiger charge is -2.15. The largest absolute Gasteiger partial charge is 0.376 e. The molecule has 0 aromatic heterocycles. The number of hydrogen-bond donors (Lipinski definition) is 1. The SMILES string of the molecule is CN(C)c1ccc(NC(=O)c2ccc(S(C)(=O)=O)cc2)cc1Cl. The number of anilines is 2. The van der Waals surface area contributed by atoms with Crippen molar-refractivity contribution in [3.05, 3.63) is 53.1 Å². The van der Waals surface area contributed by atoms with E-state index in [-0.39, 0.29) is 10.8 Å². The Morgan fingerprint density at radius 2 is 1.70 bits per heavy atom. The lowest BCUT2D eigenvalue weighted by molar-refractivity contribution is 0.102. The number of carbonyl (C=O) groups excluding carboxylic acids is 1. The van der Waals surface area contributed by atoms with Crippen LogP contribution in [0, 0.1) is 0 Å². The lowest BCUT2D eigenvalue weighted by atomic mass is 10.2. The summed E-state index contributed by atoms with van der Waals surface area (Å²) in [6.45, 7) is 0. The molecular weight excluding hydrogens is 336 g/mol. The van der Waals surface area contributed by atoms with Crippen molar-refractivity contribution >= 4 is 38.7 Å². The summed E-state index contributed by atoms with van der Waals surface area (Å²) in [5, 5.41) is 3.26. The van der Waals surface area contributed by atoms with Crippen molar-refractivity contribution in [1.82, 2.24) is 0 Å². The van der Waals surface area contributed by atoms with Crippen LogP contribution in [0.15, 0.2) is 47.4 Å². The molecule has 0 aliphatic heterocycles. The molecule has 1 amide bonds. The molecule has 7 heteroatoms. The molecule has 0 saturated carbocycles. The minimum atomic E-state index is -3.28. The molecule has 2 aromatic rings. The number of nitrogens with one attached hydrogen (secondary N) is 1. The summed E-state index contributed by atoms with van der Waals surface area (Å²) in [5.41, 5.74) is 1.78. The van der Waals surface area contributed by atoms with E-state index < -0.39 is 9.84 Å². The van der Waals surface area contributed by atoms with Crippen LogP contribution in [0.1, 0.15) is 10.4 Å². The van der Waals surface area contributed by atoms with E-state index in [0.717, 1.165) is 11.9 Å². The zero-order valence-electron chi connectivity index (χ0n) is 13.0. The van der Waals surface area contributed by atoms with E-state index in [1.807, 2.05) is 25.1 Å². The topological polar surface area (TPSA) is 66.5 Å². The standard InChI is InChI=1S/C16H17ClN2O3S/c1-19(2)15-9-6-12(10-14(15)17)18-16(20)11-4-7-13(8-5-11)23(3,21)22/h4-10H,1-3H3,(H,18,20). The van der Waals surface area contributed by atoms with Crippen LogP contribution in [-0.2, 0) is 9.84 Å². The van der Waals surface area contributed by atoms with Crippen molar-refractivity contribution in [3.8, 4) is 0 Å². The van der Waals surface area contributed by atoms with E-state index >= 15 is 0 Å². The van der Waals surface area contributed by atoms with Gasteiger partial charge in [0, 0.05) is 31.6 Å². The molecule has 0 heterocycles. The summed E-state index contributed by atoms with van der Waals surface area (Å²) in [4.78, 5) is 14.2. The van der Waals surface area contributed by atoms with Gasteiger partial charge in [-0.15, -0.1) is 0 Å². The summed E-state index contributed by atoms with van der Waals surface area (Å²) in [7, 11) is 0.479. The van der Waals surface area contributed by atoms with Gasteiger partial charge in [0.2, 0.25) is 0 Å². The van der Waals surface area contributed by atoms with Gasteiger partial charge in [-0.25, -0.2) is 8.42 Å². The Morgan fingerprint density at radius 3 is 2.17 bits per heavy atom. The predicted molar refractivity (Wildman–Crippen MR) is 93.3 cm³/mol. The highest BCUT2D eigenvalue weighted by atomic mass is 35.5. The molecule has 2 rings (SSSR count). The fraction of sp³-hybridized carbons (Fsp3) is 0.188. The minimum absolute atomic E-state index is 0.174. The molecule has 0 aliphatic carbocycles. The molecule has 5 nitrogen and oxygen atoms in total. The van der Waals surface area contributed by atoms with Gasteiger partial charge in [-0.2, -0.15) is 0 Å². The average Bonchev–Trinajstić information content (AvgIpc) is 2.46. The molecule has 2 aromatic carbocycles. The number of halogens is 1. The molecule has 23 heavy (non-hydrogen) atoms. The monoisotopic (exact) mass is 352 g/mol. The lowest BCUT2D eigenvalue weighted by Crippen LogP contribution is -2.13. The van der Waals surface area contributed by atoms with Gasteiger partial charge in [0.25, 0.3) is 5.91 Å². The number of nitrogens with zero attached hydrogens (tertiary/aromatic N) is 1. The van der Waals surface area contributed by atoms with Gasteiger partial charge in [-0.05, 0) is 42.5 Å². The first-order valence-corrected chi connectivity index (χ1v) is 9.04. The van der Waals surface area contributed by atoms with Crippen molar-refractivity contribution in [3.63, 3.8) is 0 Å². The number of sulfone groups is 1. The Bertz CT molecular complexity index is 831. The van der Waals surface area contributed by atoms with Crippen molar-refractivity contribution in [2.45, 2.75) is 4.90 Å². The first-order valence-electron chi connectivity index (χ1n) is 6.77. The number of carbonyl (C=O) groups is 1. The molecule has 0 radical (unpaired) electrons. The normalized spacial score (nSPS) is 11.1. The van der Waals surface area contributed by atoms with Gasteiger partial charge >= 0.3 is 0 Å². The van der Waals surface area contributed by atoms with E-state index in [2.05, 4.69) is 5.32 Å². The Kier molecular flexibility index (Phi) is 4.97. The second-order valence-corrected chi connectivity index (χ2v) is 7.73. The maximum atomic E-state index is 12.2. The number of hydrogen-bond acceptors (Lipinski definition) is 4. The quantitative estimate of drug-likeness (QED) is 0.918. The van der Waals surface area contributed by atoms with Crippen LogP contribution in [0.4, 0.5) is 11.4 Å². The first-order chi connectivity index (χ1) is 10.7. The maximum absolute atomic E-state index is 12.2. The van der Waals surface area contributed by atoms with Gasteiger partial charge in [0.05, 0.1) is 15.6 Å². The molecule has 0 aliphatic rings. The third-order valence-electron chi connectivity index (χ3n) is 3.23. The Hall–Kier alpha value is -2.05. The van der Waals surface area contributed by atoms with E-state index in [0.29, 0.717) is 16.3 Å². The molecule has 0 atom stereocenters. The molecule has 0 saturated heterocycles. The molecule has 0 fully saturated rings. The van der Waals surface area contributed by atoms with Gasteiger partial charge < -0.3 is 10.2 Å². The second-order valence-electron chi connectivity index (χ2n) is 5.31. The molecule has 0 unspecified atom stereocenters. The Balaban J connectivity index is 2.17. The molecule has 122 valence electrons. The third-order valence-corrected chi connectivity index (χ3v) is 4.66. The van der Waals surface area contributed by atoms with Crippen LogP contribution in [0.3, 0.4) is 0 Å². The van der Waals surface area contributed by atoms with Crippen LogP contribution in [0.25, 0.3) is 0 Å². The van der Waals surface area contributed by atoms with Crippen molar-refractivity contribution in [1.29, 1.82) is 0 Å². The van der Waals surface area contributed by atoms with Gasteiger partial charge in [0.1, 0.15) is 0 Å². The first kappa shape index (κ1) is 17.3. The highest BCUT2D eigenvalue weighted by Crippen LogP contribution is 2.27. The summed E-state index contributed by atoms with van der Waals surface area (Å²) in [5.74, 6) is -0.335. The highest BCUT2D eigenvalue weighted by Gasteiger charge is 2.11. The van der Waals surface area contributed by atoms with Crippen LogP contribution in [0.5, 0.6) is 0 Å². The fourth-order valence-electron chi connectivity index (χ4n) is 2.00. The highest BCUT2D eigenvalue weighted by molar-refractivity contribution is 7.90. The van der Waals surface area contributed by atoms with Crippen molar-refractivity contribution in [2.75, 3.05) is 30.6 Å². The predicted octanol–water partition coefficient (Wildman–Crippen LogP) is 3.06. The van der Waals surface area contributed by atoms with Crippen molar-refractivity contribution < 1.29 is 13.2 Å². The number of benzene rings is 2. The summed E-state index contributed by atoms with van der Waals surface area (Å²) >= 11 is 6.17. The van der Waals surface area contributed by atoms with Crippen LogP contribution in [0.2, 0.25) is 5.02 Å². The number of amides is 1. The Morgan fingerprint density at radius 1 is 1.09 bits per heavy atom. The Labute approximate surface area is 140 Å². The van der Waals surface area contributed by atoms with Crippen LogP contribution < -0.4 is 10.2 Å². The zero-order chi connectivity index (χ0) is 17.2. The molecule has 0 bridgehead atoms. The van der Waals surface area contributed by atoms with Gasteiger partial charge in [-0.3, -0.25) is 4.79 Å². The van der Waals surface area contributed by atoms with Crippen LogP contribution in [-0.4, -0.2) is 34.7 Å². The average molecular weight is 353 g/mol. The molecular formula is C16H17ClN2O3S. The smallest absolute Gasteiger partial charge is 0.255 e. The fourth-order valence-corrected chi connectivity index (χ4v) is 2.98. The third kappa shape index (κ3) is 4.24. The van der Waals surface area contributed by atoms with E-state index in [4.69, 9.17) is 11.6 Å². The van der Waals surface area contributed by atoms with Gasteiger partial charge in [-0.1, -0.05) is 11.6 Å². The molecule has 0 spiro atoms. The molecule has 1 N–H and O–H groups in total. The van der Waals surface area contributed by atoms with E-state index in [9.17, 15) is 13.2 Å². The van der Waals surface area contributed by atoms with Crippen molar-refractivity contribution in [2.24, 2.45) is 0 Å². The van der Waals surface area contributed by atoms with Crippen LogP contribution >= 0.6 is 11.6 Å². The summed E-state index contributed by atoms with van der Waals surface area (Å²) in [6, 6.07) is 11.0. The number of rotatable bonds is 4. The zero-order valence-corrected chi connectivity index (χ0v) is 14.6. The second kappa shape index (κ2) is 6.60. The summed E-state index contributed by atoms with van der Waals surface area (Å²) in [6.07, 6.45) is 1.12. The van der Waals surface area contributed by atoms with E-state index in [1.54, 1.807) is 12.1 Å². The summed E-state index contributed by atoms with van der Waals surface area (Å²) < 4.78 is 22.8. The van der Waals surface area contributed by atoms with E-state index in [1.165, 1.54) is 24.3 Å². The minimum Gasteiger partial charge on any atom is -0.376 e. The van der Waals surface area contributed by atoms with Gasteiger partial charge in [0.15, 0.2) is 9.84 Å².